The van der Waals surface area contributed by atoms with Gasteiger partial charge in [0.2, 0.25) is 17.7 Å². The first-order chi connectivity index (χ1) is 11.6. The van der Waals surface area contributed by atoms with Crippen molar-refractivity contribution >= 4 is 17.7 Å². The summed E-state index contributed by atoms with van der Waals surface area (Å²) in [6.45, 7) is 0.0615. The lowest BCUT2D eigenvalue weighted by Crippen LogP contribution is -2.41. The highest BCUT2D eigenvalue weighted by molar-refractivity contribution is 6.08. The van der Waals surface area contributed by atoms with Crippen LogP contribution in [0.1, 0.15) is 12.2 Å². The Balaban J connectivity index is 1.29. The zero-order valence-corrected chi connectivity index (χ0v) is 13.1. The molecule has 1 aliphatic heterocycles. The van der Waals surface area contributed by atoms with Crippen molar-refractivity contribution in [1.82, 2.24) is 10.2 Å². The molecule has 6 atom stereocenters. The van der Waals surface area contributed by atoms with Gasteiger partial charge in [0.15, 0.2) is 0 Å². The van der Waals surface area contributed by atoms with Crippen LogP contribution in [0.4, 0.5) is 0 Å². The van der Waals surface area contributed by atoms with E-state index in [1.165, 1.54) is 11.2 Å². The molecule has 24 heavy (non-hydrogen) atoms. The summed E-state index contributed by atoms with van der Waals surface area (Å²) >= 11 is 0. The minimum Gasteiger partial charge on any atom is -0.467 e. The predicted molar refractivity (Wildman–Crippen MR) is 82.0 cm³/mol. The Morgan fingerprint density at radius 2 is 1.83 bits per heavy atom. The van der Waals surface area contributed by atoms with E-state index in [0.29, 0.717) is 17.6 Å². The minimum absolute atomic E-state index is 0.164. The first kappa shape index (κ1) is 14.0. The number of imide groups is 1. The van der Waals surface area contributed by atoms with Gasteiger partial charge in [0.25, 0.3) is 0 Å². The molecule has 0 spiro atoms. The van der Waals surface area contributed by atoms with E-state index in [0.717, 1.165) is 6.42 Å². The van der Waals surface area contributed by atoms with Gasteiger partial charge in [-0.1, -0.05) is 12.2 Å². The number of amides is 3. The van der Waals surface area contributed by atoms with Crippen LogP contribution in [0.3, 0.4) is 0 Å². The van der Waals surface area contributed by atoms with E-state index < -0.39 is 0 Å². The molecule has 124 valence electrons. The predicted octanol–water partition coefficient (Wildman–Crippen LogP) is 0.949. The average Bonchev–Trinajstić information content (AvgIpc) is 3.19. The molecule has 0 radical (unpaired) electrons. The topological polar surface area (TPSA) is 79.6 Å². The molecule has 4 aliphatic carbocycles. The largest absolute Gasteiger partial charge is 0.467 e. The van der Waals surface area contributed by atoms with Gasteiger partial charge in [0.1, 0.15) is 12.3 Å². The number of allylic oxidation sites excluding steroid dienone is 2. The van der Waals surface area contributed by atoms with Crippen LogP contribution in [0, 0.1) is 35.5 Å². The van der Waals surface area contributed by atoms with E-state index in [2.05, 4.69) is 17.5 Å². The summed E-state index contributed by atoms with van der Waals surface area (Å²) in [5.41, 5.74) is 0. The molecule has 0 aromatic carbocycles. The van der Waals surface area contributed by atoms with E-state index in [-0.39, 0.29) is 54.5 Å². The molecule has 3 fully saturated rings. The molecule has 3 amide bonds. The summed E-state index contributed by atoms with van der Waals surface area (Å²) in [7, 11) is 0. The number of carbonyl (C=O) groups excluding carboxylic acids is 3. The average molecular weight is 326 g/mol. The maximum atomic E-state index is 12.7. The van der Waals surface area contributed by atoms with Crippen molar-refractivity contribution in [3.63, 3.8) is 0 Å². The van der Waals surface area contributed by atoms with Crippen LogP contribution in [0.15, 0.2) is 35.0 Å². The van der Waals surface area contributed by atoms with Gasteiger partial charge in [-0.25, -0.2) is 0 Å². The van der Waals surface area contributed by atoms with Crippen molar-refractivity contribution in [1.29, 1.82) is 0 Å². The summed E-state index contributed by atoms with van der Waals surface area (Å²) in [6.07, 6.45) is 6.94. The van der Waals surface area contributed by atoms with Gasteiger partial charge < -0.3 is 9.73 Å². The van der Waals surface area contributed by atoms with Crippen LogP contribution in [0.25, 0.3) is 0 Å². The van der Waals surface area contributed by atoms with Crippen molar-refractivity contribution in [3.05, 3.63) is 36.3 Å². The van der Waals surface area contributed by atoms with E-state index in [9.17, 15) is 14.4 Å². The fourth-order valence-corrected chi connectivity index (χ4v) is 4.97. The molecule has 0 unspecified atom stereocenters. The summed E-state index contributed by atoms with van der Waals surface area (Å²) in [5, 5.41) is 2.70. The second kappa shape index (κ2) is 4.82. The molecule has 2 bridgehead atoms. The molecule has 6 heteroatoms. The Morgan fingerprint density at radius 3 is 2.42 bits per heavy atom. The Morgan fingerprint density at radius 1 is 1.17 bits per heavy atom. The third-order valence-electron chi connectivity index (χ3n) is 6.10. The molecular formula is C18H18N2O4. The van der Waals surface area contributed by atoms with E-state index >= 15 is 0 Å². The van der Waals surface area contributed by atoms with E-state index in [1.807, 2.05) is 0 Å². The van der Waals surface area contributed by atoms with Crippen molar-refractivity contribution in [2.75, 3.05) is 6.54 Å². The van der Waals surface area contributed by atoms with Crippen LogP contribution in [-0.4, -0.2) is 29.2 Å². The van der Waals surface area contributed by atoms with Gasteiger partial charge in [-0.05, 0) is 42.2 Å². The Bertz CT molecular complexity index is 717. The fraction of sp³-hybridized carbons (Fsp3) is 0.500. The highest BCUT2D eigenvalue weighted by Gasteiger charge is 2.67. The van der Waals surface area contributed by atoms with Crippen molar-refractivity contribution in [3.8, 4) is 0 Å². The summed E-state index contributed by atoms with van der Waals surface area (Å²) in [6, 6.07) is 3.50. The van der Waals surface area contributed by atoms with Gasteiger partial charge in [0.05, 0.1) is 24.6 Å². The number of hydrogen-bond donors (Lipinski definition) is 1. The smallest absolute Gasteiger partial charge is 0.240 e. The number of likely N-dealkylation sites (tertiary alicyclic amines) is 1. The lowest BCUT2D eigenvalue weighted by molar-refractivity contribution is -0.143. The molecule has 1 saturated heterocycles. The van der Waals surface area contributed by atoms with Crippen LogP contribution < -0.4 is 5.32 Å². The lowest BCUT2D eigenvalue weighted by Gasteiger charge is -2.37. The standard InChI is InChI=1S/C18H18N2O4/c21-14(19-7-9-2-1-5-24-9)8-20-17(22)15-10-3-4-11(13-6-12(10)13)16(15)18(20)23/h1-5,10-13,15-16H,6-8H2,(H,19,21)/t10-,11-,12-,13+,15-,16-/m1/s1. The van der Waals surface area contributed by atoms with Crippen molar-refractivity contribution < 1.29 is 18.8 Å². The molecule has 6 nitrogen and oxygen atoms in total. The molecule has 2 heterocycles. The van der Waals surface area contributed by atoms with E-state index in [4.69, 9.17) is 4.42 Å². The number of nitrogens with one attached hydrogen (secondary N) is 1. The molecular weight excluding hydrogens is 308 g/mol. The van der Waals surface area contributed by atoms with Gasteiger partial charge in [-0.15, -0.1) is 0 Å². The van der Waals surface area contributed by atoms with Crippen molar-refractivity contribution in [2.45, 2.75) is 13.0 Å². The number of furan rings is 1. The Hall–Kier alpha value is -2.37. The minimum atomic E-state index is -0.336. The zero-order chi connectivity index (χ0) is 16.4. The quantitative estimate of drug-likeness (QED) is 0.660. The SMILES string of the molecule is O=C(CN1C(=O)[C@@H]2[C@@H]3C=C[C@H]([C@@H]4C[C@H]34)[C@H]2C1=O)NCc1ccco1. The fourth-order valence-electron chi connectivity index (χ4n) is 4.97. The second-order valence-corrected chi connectivity index (χ2v) is 7.27. The van der Waals surface area contributed by atoms with Crippen LogP contribution in [-0.2, 0) is 20.9 Å². The highest BCUT2D eigenvalue weighted by Crippen LogP contribution is 2.65. The molecule has 1 N–H and O–H groups in total. The lowest BCUT2D eigenvalue weighted by atomic mass is 9.63. The molecule has 1 aromatic heterocycles. The summed E-state index contributed by atoms with van der Waals surface area (Å²) in [5.74, 6) is 1.02. The maximum Gasteiger partial charge on any atom is 0.240 e. The molecule has 1 aromatic rings. The molecule has 2 saturated carbocycles. The number of hydrogen-bond acceptors (Lipinski definition) is 4. The first-order valence-electron chi connectivity index (χ1n) is 8.48. The van der Waals surface area contributed by atoms with E-state index in [1.54, 1.807) is 12.1 Å². The Kier molecular flexibility index (Phi) is 2.81. The van der Waals surface area contributed by atoms with Gasteiger partial charge in [0, 0.05) is 0 Å². The van der Waals surface area contributed by atoms with Gasteiger partial charge >= 0.3 is 0 Å². The van der Waals surface area contributed by atoms with Crippen LogP contribution >= 0.6 is 0 Å². The second-order valence-electron chi connectivity index (χ2n) is 7.27. The zero-order valence-electron chi connectivity index (χ0n) is 13.1. The third kappa shape index (κ3) is 1.85. The highest BCUT2D eigenvalue weighted by atomic mass is 16.3. The molecule has 5 aliphatic rings. The van der Waals surface area contributed by atoms with Crippen LogP contribution in [0.5, 0.6) is 0 Å². The first-order valence-corrected chi connectivity index (χ1v) is 8.48. The summed E-state index contributed by atoms with van der Waals surface area (Å²) < 4.78 is 5.16. The number of carbonyl (C=O) groups is 3. The van der Waals surface area contributed by atoms with Crippen molar-refractivity contribution in [2.24, 2.45) is 35.5 Å². The van der Waals surface area contributed by atoms with Gasteiger partial charge in [-0.3, -0.25) is 19.3 Å². The number of rotatable bonds is 4. The van der Waals surface area contributed by atoms with Gasteiger partial charge in [-0.2, -0.15) is 0 Å². The monoisotopic (exact) mass is 326 g/mol. The maximum absolute atomic E-state index is 12.7. The number of nitrogens with zero attached hydrogens (tertiary/aromatic N) is 1. The third-order valence-corrected chi connectivity index (χ3v) is 6.10. The summed E-state index contributed by atoms with van der Waals surface area (Å²) in [4.78, 5) is 38.8. The van der Waals surface area contributed by atoms with Crippen LogP contribution in [0.2, 0.25) is 0 Å². The Labute approximate surface area is 138 Å². The molecule has 6 rings (SSSR count). The normalized spacial score (nSPS) is 38.2.